The number of benzene rings is 3. The molecular weight excluding hydrogens is 424 g/mol. The highest BCUT2D eigenvalue weighted by atomic mass is 16.6. The molecule has 4 nitrogen and oxygen atoms in total. The predicted molar refractivity (Wildman–Crippen MR) is 136 cm³/mol. The Kier molecular flexibility index (Phi) is 10.8. The van der Waals surface area contributed by atoms with Gasteiger partial charge in [-0.15, -0.1) is 13.2 Å². The van der Waals surface area contributed by atoms with Crippen LogP contribution in [-0.2, 0) is 34.0 Å². The van der Waals surface area contributed by atoms with Gasteiger partial charge in [0.1, 0.15) is 12.2 Å². The van der Waals surface area contributed by atoms with Gasteiger partial charge in [-0.05, 0) is 16.7 Å². The molecule has 3 aromatic rings. The summed E-state index contributed by atoms with van der Waals surface area (Å²) in [4.78, 5) is 0. The van der Waals surface area contributed by atoms with Crippen LogP contribution in [0.1, 0.15) is 16.7 Å². The van der Waals surface area contributed by atoms with Crippen LogP contribution in [0.4, 0.5) is 0 Å². The largest absolute Gasteiger partial charge is 0.396 e. The Morgan fingerprint density at radius 1 is 0.588 bits per heavy atom. The van der Waals surface area contributed by atoms with Crippen molar-refractivity contribution in [3.05, 3.63) is 133 Å². The molecule has 3 rings (SSSR count). The molecule has 0 unspecified atom stereocenters. The van der Waals surface area contributed by atoms with Crippen LogP contribution in [-0.4, -0.2) is 30.0 Å². The maximum atomic E-state index is 10.1. The number of hydrogen-bond donors (Lipinski definition) is 1. The number of hydrogen-bond acceptors (Lipinski definition) is 4. The zero-order valence-corrected chi connectivity index (χ0v) is 19.5. The summed E-state index contributed by atoms with van der Waals surface area (Å²) in [6, 6.07) is 29.9. The van der Waals surface area contributed by atoms with Crippen LogP contribution in [0.25, 0.3) is 0 Å². The minimum Gasteiger partial charge on any atom is -0.396 e. The second kappa shape index (κ2) is 14.3. The van der Waals surface area contributed by atoms with Crippen LogP contribution in [0, 0.1) is 5.92 Å². The van der Waals surface area contributed by atoms with Gasteiger partial charge in [0.15, 0.2) is 0 Å². The normalized spacial score (nSPS) is 14.6. The van der Waals surface area contributed by atoms with E-state index >= 15 is 0 Å². The maximum absolute atomic E-state index is 10.1. The summed E-state index contributed by atoms with van der Waals surface area (Å²) in [5.74, 6) is -0.340. The third-order valence-electron chi connectivity index (χ3n) is 5.67. The van der Waals surface area contributed by atoms with Crippen molar-refractivity contribution in [3.63, 3.8) is 0 Å². The zero-order chi connectivity index (χ0) is 24.0. The van der Waals surface area contributed by atoms with E-state index in [1.54, 1.807) is 12.2 Å². The van der Waals surface area contributed by atoms with Crippen LogP contribution in [0.3, 0.4) is 0 Å². The molecular formula is C30H34O4. The zero-order valence-electron chi connectivity index (χ0n) is 19.5. The van der Waals surface area contributed by atoms with Crippen molar-refractivity contribution in [1.82, 2.24) is 0 Å². The lowest BCUT2D eigenvalue weighted by Gasteiger charge is -2.35. The van der Waals surface area contributed by atoms with Crippen LogP contribution >= 0.6 is 0 Å². The van der Waals surface area contributed by atoms with Crippen molar-refractivity contribution >= 4 is 0 Å². The molecule has 0 aliphatic rings. The summed E-state index contributed by atoms with van der Waals surface area (Å²) in [5.41, 5.74) is 3.13. The molecule has 0 aliphatic carbocycles. The molecule has 0 saturated carbocycles. The molecule has 0 radical (unpaired) electrons. The van der Waals surface area contributed by atoms with Gasteiger partial charge in [-0.3, -0.25) is 0 Å². The first-order chi connectivity index (χ1) is 16.7. The van der Waals surface area contributed by atoms with Crippen LogP contribution in [0.2, 0.25) is 0 Å². The predicted octanol–water partition coefficient (Wildman–Crippen LogP) is 5.72. The van der Waals surface area contributed by atoms with Crippen LogP contribution in [0.15, 0.2) is 116 Å². The summed E-state index contributed by atoms with van der Waals surface area (Å²) in [7, 11) is 0. The second-order valence-electron chi connectivity index (χ2n) is 8.10. The Hall–Kier alpha value is -3.02. The molecule has 0 fully saturated rings. The Labute approximate surface area is 203 Å². The molecule has 4 atom stereocenters. The van der Waals surface area contributed by atoms with Crippen molar-refractivity contribution in [1.29, 1.82) is 0 Å². The molecule has 0 aliphatic heterocycles. The lowest BCUT2D eigenvalue weighted by molar-refractivity contribution is -0.153. The fourth-order valence-electron chi connectivity index (χ4n) is 3.75. The summed E-state index contributed by atoms with van der Waals surface area (Å²) >= 11 is 0. The fourth-order valence-corrected chi connectivity index (χ4v) is 3.75. The van der Waals surface area contributed by atoms with E-state index in [0.29, 0.717) is 19.8 Å². The minimum atomic E-state index is -0.514. The SMILES string of the molecule is C=C[C@H](CO)[C@@H](OCc1ccccc1)[C@H](OCc1ccccc1)[C@H](C=C)OCc1ccccc1. The molecule has 4 heteroatoms. The summed E-state index contributed by atoms with van der Waals surface area (Å²) in [6.07, 6.45) is 1.99. The molecule has 178 valence electrons. The third-order valence-corrected chi connectivity index (χ3v) is 5.67. The Balaban J connectivity index is 1.83. The number of aliphatic hydroxyl groups is 1. The second-order valence-corrected chi connectivity index (χ2v) is 8.10. The number of ether oxygens (including phenoxy) is 3. The summed E-state index contributed by atoms with van der Waals surface area (Å²) < 4.78 is 19.1. The van der Waals surface area contributed by atoms with Crippen molar-refractivity contribution in [2.45, 2.75) is 38.1 Å². The molecule has 0 saturated heterocycles. The van der Waals surface area contributed by atoms with Gasteiger partial charge < -0.3 is 19.3 Å². The van der Waals surface area contributed by atoms with Gasteiger partial charge in [0.25, 0.3) is 0 Å². The van der Waals surface area contributed by atoms with E-state index in [1.165, 1.54) is 0 Å². The van der Waals surface area contributed by atoms with Gasteiger partial charge in [0.05, 0.1) is 32.5 Å². The smallest absolute Gasteiger partial charge is 0.114 e. The Morgan fingerprint density at radius 2 is 1.00 bits per heavy atom. The maximum Gasteiger partial charge on any atom is 0.114 e. The number of aliphatic hydroxyl groups excluding tert-OH is 1. The van der Waals surface area contributed by atoms with Crippen molar-refractivity contribution < 1.29 is 19.3 Å². The molecule has 34 heavy (non-hydrogen) atoms. The van der Waals surface area contributed by atoms with E-state index in [9.17, 15) is 5.11 Å². The van der Waals surface area contributed by atoms with E-state index in [2.05, 4.69) is 13.2 Å². The van der Waals surface area contributed by atoms with Crippen LogP contribution in [0.5, 0.6) is 0 Å². The van der Waals surface area contributed by atoms with Gasteiger partial charge in [-0.2, -0.15) is 0 Å². The molecule has 3 aromatic carbocycles. The van der Waals surface area contributed by atoms with Crippen molar-refractivity contribution in [3.8, 4) is 0 Å². The van der Waals surface area contributed by atoms with Gasteiger partial charge in [0.2, 0.25) is 0 Å². The van der Waals surface area contributed by atoms with E-state index < -0.39 is 18.3 Å². The molecule has 1 N–H and O–H groups in total. The highest BCUT2D eigenvalue weighted by Gasteiger charge is 2.35. The average Bonchev–Trinajstić information content (AvgIpc) is 2.90. The highest BCUT2D eigenvalue weighted by Crippen LogP contribution is 2.24. The lowest BCUT2D eigenvalue weighted by Crippen LogP contribution is -2.46. The van der Waals surface area contributed by atoms with E-state index in [-0.39, 0.29) is 12.5 Å². The fraction of sp³-hybridized carbons (Fsp3) is 0.267. The minimum absolute atomic E-state index is 0.114. The van der Waals surface area contributed by atoms with Gasteiger partial charge in [-0.25, -0.2) is 0 Å². The summed E-state index contributed by atoms with van der Waals surface area (Å²) in [5, 5.41) is 10.1. The van der Waals surface area contributed by atoms with Crippen molar-refractivity contribution in [2.24, 2.45) is 5.92 Å². The topological polar surface area (TPSA) is 47.9 Å². The first kappa shape index (κ1) is 25.6. The first-order valence-corrected chi connectivity index (χ1v) is 11.6. The van der Waals surface area contributed by atoms with E-state index in [4.69, 9.17) is 14.2 Å². The molecule has 0 amide bonds. The summed E-state index contributed by atoms with van der Waals surface area (Å²) in [6.45, 7) is 8.99. The van der Waals surface area contributed by atoms with Gasteiger partial charge in [0, 0.05) is 5.92 Å². The molecule has 0 bridgehead atoms. The van der Waals surface area contributed by atoms with E-state index in [1.807, 2.05) is 91.0 Å². The average molecular weight is 459 g/mol. The van der Waals surface area contributed by atoms with E-state index in [0.717, 1.165) is 16.7 Å². The van der Waals surface area contributed by atoms with Crippen molar-refractivity contribution in [2.75, 3.05) is 6.61 Å². The standard InChI is InChI=1S/C30H34O4/c1-3-27(20-31)29(33-22-25-16-10-6-11-17-25)30(34-23-26-18-12-7-13-19-26)28(4-2)32-21-24-14-8-5-9-15-24/h3-19,27-31H,1-2,20-23H2/t27-,28+,29-,30-/m1/s1. The quantitative estimate of drug-likeness (QED) is 0.296. The van der Waals surface area contributed by atoms with Gasteiger partial charge in [-0.1, -0.05) is 103 Å². The van der Waals surface area contributed by atoms with Crippen LogP contribution < -0.4 is 0 Å². The van der Waals surface area contributed by atoms with Gasteiger partial charge >= 0.3 is 0 Å². The molecule has 0 spiro atoms. The highest BCUT2D eigenvalue weighted by molar-refractivity contribution is 5.16. The Morgan fingerprint density at radius 3 is 1.38 bits per heavy atom. The lowest BCUT2D eigenvalue weighted by atomic mass is 9.94. The number of rotatable bonds is 15. The molecule has 0 heterocycles. The monoisotopic (exact) mass is 458 g/mol. The third kappa shape index (κ3) is 7.79. The molecule has 0 aromatic heterocycles. The first-order valence-electron chi connectivity index (χ1n) is 11.6. The Bertz CT molecular complexity index is 959.